The Balaban J connectivity index is 1.98. The van der Waals surface area contributed by atoms with Crippen LogP contribution in [-0.4, -0.2) is 21.5 Å². The Kier molecular flexibility index (Phi) is 3.33. The van der Waals surface area contributed by atoms with E-state index in [2.05, 4.69) is 15.3 Å². The monoisotopic (exact) mass is 236 g/mol. The van der Waals surface area contributed by atoms with E-state index in [4.69, 9.17) is 18.0 Å². The predicted octanol–water partition coefficient (Wildman–Crippen LogP) is 1.63. The molecule has 0 aromatic carbocycles. The van der Waals surface area contributed by atoms with Gasteiger partial charge in [-0.05, 0) is 25.3 Å². The van der Waals surface area contributed by atoms with Gasteiger partial charge in [0.25, 0.3) is 0 Å². The predicted molar refractivity (Wildman–Crippen MR) is 68.5 cm³/mol. The number of hydrogen-bond acceptors (Lipinski definition) is 4. The fourth-order valence-electron chi connectivity index (χ4n) is 1.57. The molecule has 0 spiro atoms. The Labute approximate surface area is 101 Å². The van der Waals surface area contributed by atoms with Gasteiger partial charge in [-0.15, -0.1) is 0 Å². The Morgan fingerprint density at radius 1 is 1.56 bits per heavy atom. The minimum absolute atomic E-state index is 0.316. The third kappa shape index (κ3) is 3.13. The third-order valence-corrected chi connectivity index (χ3v) is 2.85. The van der Waals surface area contributed by atoms with Crippen LogP contribution in [0.3, 0.4) is 0 Å². The lowest BCUT2D eigenvalue weighted by molar-refractivity contribution is 0.755. The van der Waals surface area contributed by atoms with Crippen LogP contribution in [0.15, 0.2) is 6.07 Å². The van der Waals surface area contributed by atoms with E-state index in [0.29, 0.717) is 16.6 Å². The topological polar surface area (TPSA) is 63.8 Å². The van der Waals surface area contributed by atoms with Gasteiger partial charge in [0, 0.05) is 12.2 Å². The summed E-state index contributed by atoms with van der Waals surface area (Å²) in [5.74, 6) is 1.54. The van der Waals surface area contributed by atoms with Crippen molar-refractivity contribution in [2.75, 3.05) is 11.9 Å². The largest absolute Gasteiger partial charge is 0.388 e. The van der Waals surface area contributed by atoms with Crippen LogP contribution in [0.1, 0.15) is 30.7 Å². The van der Waals surface area contributed by atoms with E-state index in [1.165, 1.54) is 19.3 Å². The first-order valence-corrected chi connectivity index (χ1v) is 5.95. The van der Waals surface area contributed by atoms with Gasteiger partial charge in [-0.1, -0.05) is 25.1 Å². The SMILES string of the molecule is Cc1cc(C(N)=S)nc(NCCC2CC2)n1. The van der Waals surface area contributed by atoms with E-state index < -0.39 is 0 Å². The number of aromatic nitrogens is 2. The van der Waals surface area contributed by atoms with Crippen molar-refractivity contribution in [1.82, 2.24) is 9.97 Å². The molecular formula is C11H16N4S. The minimum atomic E-state index is 0.316. The molecule has 1 saturated carbocycles. The molecule has 0 radical (unpaired) electrons. The van der Waals surface area contributed by atoms with Gasteiger partial charge in [0.05, 0.1) is 0 Å². The maximum absolute atomic E-state index is 5.55. The Bertz CT molecular complexity index is 401. The van der Waals surface area contributed by atoms with Crippen LogP contribution in [0.25, 0.3) is 0 Å². The summed E-state index contributed by atoms with van der Waals surface area (Å²) in [5, 5.41) is 3.21. The molecule has 5 heteroatoms. The van der Waals surface area contributed by atoms with E-state index in [0.717, 1.165) is 18.2 Å². The summed E-state index contributed by atoms with van der Waals surface area (Å²) in [6.07, 6.45) is 3.93. The van der Waals surface area contributed by atoms with Crippen molar-refractivity contribution in [2.45, 2.75) is 26.2 Å². The number of rotatable bonds is 5. The van der Waals surface area contributed by atoms with Gasteiger partial charge in [0.15, 0.2) is 0 Å². The summed E-state index contributed by atoms with van der Waals surface area (Å²) in [5.41, 5.74) is 7.07. The molecule has 16 heavy (non-hydrogen) atoms. The van der Waals surface area contributed by atoms with Crippen molar-refractivity contribution in [1.29, 1.82) is 0 Å². The second-order valence-electron chi connectivity index (χ2n) is 4.24. The second kappa shape index (κ2) is 4.74. The molecular weight excluding hydrogens is 220 g/mol. The summed E-state index contributed by atoms with van der Waals surface area (Å²) in [4.78, 5) is 8.87. The molecule has 2 rings (SSSR count). The van der Waals surface area contributed by atoms with Crippen LogP contribution in [-0.2, 0) is 0 Å². The van der Waals surface area contributed by atoms with Gasteiger partial charge in [-0.25, -0.2) is 9.97 Å². The molecule has 86 valence electrons. The standard InChI is InChI=1S/C11H16N4S/c1-7-6-9(10(12)16)15-11(14-7)13-5-4-8-2-3-8/h6,8H,2-5H2,1H3,(H2,12,16)(H,13,14,15). The lowest BCUT2D eigenvalue weighted by Gasteiger charge is -2.06. The van der Waals surface area contributed by atoms with Gasteiger partial charge in [0.2, 0.25) is 5.95 Å². The maximum atomic E-state index is 5.55. The number of nitrogens with two attached hydrogens (primary N) is 1. The zero-order chi connectivity index (χ0) is 11.5. The first kappa shape index (κ1) is 11.3. The van der Waals surface area contributed by atoms with Crippen LogP contribution in [0, 0.1) is 12.8 Å². The van der Waals surface area contributed by atoms with Gasteiger partial charge >= 0.3 is 0 Å². The minimum Gasteiger partial charge on any atom is -0.388 e. The Morgan fingerprint density at radius 3 is 2.94 bits per heavy atom. The van der Waals surface area contributed by atoms with Gasteiger partial charge in [-0.3, -0.25) is 0 Å². The van der Waals surface area contributed by atoms with Crippen LogP contribution in [0.4, 0.5) is 5.95 Å². The lowest BCUT2D eigenvalue weighted by Crippen LogP contribution is -2.15. The highest BCUT2D eigenvalue weighted by atomic mass is 32.1. The summed E-state index contributed by atoms with van der Waals surface area (Å²) in [6.45, 7) is 2.83. The van der Waals surface area contributed by atoms with E-state index >= 15 is 0 Å². The molecule has 0 unspecified atom stereocenters. The Hall–Kier alpha value is -1.23. The molecule has 0 saturated heterocycles. The molecule has 1 heterocycles. The van der Waals surface area contributed by atoms with Crippen molar-refractivity contribution in [2.24, 2.45) is 11.7 Å². The van der Waals surface area contributed by atoms with Crippen LogP contribution >= 0.6 is 12.2 Å². The quantitative estimate of drug-likeness (QED) is 0.761. The van der Waals surface area contributed by atoms with E-state index in [-0.39, 0.29) is 0 Å². The fraction of sp³-hybridized carbons (Fsp3) is 0.545. The number of nitrogens with zero attached hydrogens (tertiary/aromatic N) is 2. The molecule has 0 bridgehead atoms. The maximum Gasteiger partial charge on any atom is 0.223 e. The third-order valence-electron chi connectivity index (χ3n) is 2.64. The molecule has 0 amide bonds. The zero-order valence-electron chi connectivity index (χ0n) is 9.36. The number of anilines is 1. The number of nitrogens with one attached hydrogen (secondary N) is 1. The molecule has 0 atom stereocenters. The van der Waals surface area contributed by atoms with Crippen molar-refractivity contribution in [3.05, 3.63) is 17.5 Å². The van der Waals surface area contributed by atoms with E-state index in [9.17, 15) is 0 Å². The van der Waals surface area contributed by atoms with Gasteiger partial charge < -0.3 is 11.1 Å². The highest BCUT2D eigenvalue weighted by Crippen LogP contribution is 2.31. The van der Waals surface area contributed by atoms with Crippen molar-refractivity contribution in [3.63, 3.8) is 0 Å². The summed E-state index contributed by atoms with van der Waals surface area (Å²) >= 11 is 4.91. The first-order valence-electron chi connectivity index (χ1n) is 5.54. The van der Waals surface area contributed by atoms with Gasteiger partial charge in [-0.2, -0.15) is 0 Å². The molecule has 1 aliphatic carbocycles. The average molecular weight is 236 g/mol. The van der Waals surface area contributed by atoms with Crippen LogP contribution in [0.5, 0.6) is 0 Å². The van der Waals surface area contributed by atoms with Crippen LogP contribution < -0.4 is 11.1 Å². The summed E-state index contributed by atoms with van der Waals surface area (Å²) in [6, 6.07) is 1.80. The smallest absolute Gasteiger partial charge is 0.223 e. The second-order valence-corrected chi connectivity index (χ2v) is 4.68. The molecule has 1 aromatic heterocycles. The fourth-order valence-corrected chi connectivity index (χ4v) is 1.67. The molecule has 1 aliphatic rings. The van der Waals surface area contributed by atoms with Crippen molar-refractivity contribution in [3.8, 4) is 0 Å². The van der Waals surface area contributed by atoms with Gasteiger partial charge in [0.1, 0.15) is 10.7 Å². The number of hydrogen-bond donors (Lipinski definition) is 2. The summed E-state index contributed by atoms with van der Waals surface area (Å²) in [7, 11) is 0. The molecule has 0 aliphatic heterocycles. The zero-order valence-corrected chi connectivity index (χ0v) is 10.2. The lowest BCUT2D eigenvalue weighted by atomic mass is 10.3. The average Bonchev–Trinajstić information content (AvgIpc) is 3.01. The van der Waals surface area contributed by atoms with E-state index in [1.807, 2.05) is 6.92 Å². The summed E-state index contributed by atoms with van der Waals surface area (Å²) < 4.78 is 0. The highest BCUT2D eigenvalue weighted by molar-refractivity contribution is 7.80. The van der Waals surface area contributed by atoms with Crippen molar-refractivity contribution < 1.29 is 0 Å². The van der Waals surface area contributed by atoms with Crippen molar-refractivity contribution >= 4 is 23.2 Å². The highest BCUT2D eigenvalue weighted by Gasteiger charge is 2.20. The van der Waals surface area contributed by atoms with Crippen LogP contribution in [0.2, 0.25) is 0 Å². The number of aryl methyl sites for hydroxylation is 1. The molecule has 1 aromatic rings. The molecule has 1 fully saturated rings. The van der Waals surface area contributed by atoms with E-state index in [1.54, 1.807) is 6.07 Å². The Morgan fingerprint density at radius 2 is 2.31 bits per heavy atom. The normalized spacial score (nSPS) is 14.8. The first-order chi connectivity index (χ1) is 7.65. The number of thiocarbonyl (C=S) groups is 1. The molecule has 3 N–H and O–H groups in total. The molecule has 4 nitrogen and oxygen atoms in total.